The summed E-state index contributed by atoms with van der Waals surface area (Å²) in [6.45, 7) is 6.37. The highest BCUT2D eigenvalue weighted by molar-refractivity contribution is 7.99. The maximum atomic E-state index is 12.6. The summed E-state index contributed by atoms with van der Waals surface area (Å²) < 4.78 is 11.1. The fourth-order valence-corrected chi connectivity index (χ4v) is 4.58. The first-order chi connectivity index (χ1) is 13.2. The molecule has 0 aromatic heterocycles. The highest BCUT2D eigenvalue weighted by atomic mass is 32.2. The predicted octanol–water partition coefficient (Wildman–Crippen LogP) is 4.48. The number of ether oxygens (including phenoxy) is 2. The van der Waals surface area contributed by atoms with Crippen LogP contribution in [0.4, 0.5) is 0 Å². The van der Waals surface area contributed by atoms with Crippen molar-refractivity contribution in [2.75, 3.05) is 32.1 Å². The zero-order chi connectivity index (χ0) is 19.1. The summed E-state index contributed by atoms with van der Waals surface area (Å²) in [7, 11) is 0. The molecule has 1 amide bonds. The van der Waals surface area contributed by atoms with Crippen molar-refractivity contribution < 1.29 is 14.3 Å². The van der Waals surface area contributed by atoms with Crippen LogP contribution in [-0.2, 0) is 4.79 Å². The zero-order valence-corrected chi connectivity index (χ0v) is 16.8. The third-order valence-corrected chi connectivity index (χ3v) is 6.04. The number of carbonyl (C=O) groups is 1. The Kier molecular flexibility index (Phi) is 7.04. The van der Waals surface area contributed by atoms with Crippen LogP contribution in [0.5, 0.6) is 11.5 Å². The van der Waals surface area contributed by atoms with Gasteiger partial charge in [-0.2, -0.15) is 11.8 Å². The van der Waals surface area contributed by atoms with Crippen molar-refractivity contribution in [3.63, 3.8) is 0 Å². The molecule has 0 N–H and O–H groups in total. The molecule has 1 fully saturated rings. The number of rotatable bonds is 6. The van der Waals surface area contributed by atoms with E-state index in [0.29, 0.717) is 17.6 Å². The smallest absolute Gasteiger partial charge is 0.260 e. The number of aryl methyl sites for hydroxylation is 1. The van der Waals surface area contributed by atoms with Gasteiger partial charge in [-0.1, -0.05) is 24.3 Å². The number of thioether (sulfide) groups is 1. The molecule has 0 saturated carbocycles. The molecule has 0 radical (unpaired) electrons. The van der Waals surface area contributed by atoms with E-state index in [1.54, 1.807) is 0 Å². The van der Waals surface area contributed by atoms with Crippen LogP contribution < -0.4 is 9.47 Å². The normalized spacial score (nSPS) is 17.3. The van der Waals surface area contributed by atoms with Gasteiger partial charge in [-0.25, -0.2) is 0 Å². The van der Waals surface area contributed by atoms with Crippen molar-refractivity contribution in [1.29, 1.82) is 0 Å². The van der Waals surface area contributed by atoms with Gasteiger partial charge < -0.3 is 14.4 Å². The van der Waals surface area contributed by atoms with Crippen molar-refractivity contribution in [3.8, 4) is 11.5 Å². The number of hydrogen-bond donors (Lipinski definition) is 0. The summed E-state index contributed by atoms with van der Waals surface area (Å²) in [5.41, 5.74) is 2.72. The van der Waals surface area contributed by atoms with E-state index < -0.39 is 0 Å². The van der Waals surface area contributed by atoms with Crippen LogP contribution in [0, 0.1) is 6.92 Å². The maximum absolute atomic E-state index is 12.6. The van der Waals surface area contributed by atoms with Crippen molar-refractivity contribution in [2.45, 2.75) is 25.5 Å². The molecule has 5 heteroatoms. The van der Waals surface area contributed by atoms with Crippen LogP contribution in [-0.4, -0.2) is 42.9 Å². The third kappa shape index (κ3) is 5.42. The van der Waals surface area contributed by atoms with E-state index in [9.17, 15) is 4.79 Å². The average Bonchev–Trinajstić information content (AvgIpc) is 2.94. The predicted molar refractivity (Wildman–Crippen MR) is 111 cm³/mol. The van der Waals surface area contributed by atoms with Crippen molar-refractivity contribution in [3.05, 3.63) is 59.7 Å². The largest absolute Gasteiger partial charge is 0.494 e. The molecule has 1 atom stereocenters. The van der Waals surface area contributed by atoms with E-state index in [0.717, 1.165) is 31.0 Å². The average molecular weight is 386 g/mol. The summed E-state index contributed by atoms with van der Waals surface area (Å²) >= 11 is 1.94. The molecule has 1 heterocycles. The Hall–Kier alpha value is -2.14. The third-order valence-electron chi connectivity index (χ3n) is 4.73. The minimum Gasteiger partial charge on any atom is -0.494 e. The van der Waals surface area contributed by atoms with E-state index in [1.807, 2.05) is 47.9 Å². The Labute approximate surface area is 165 Å². The first kappa shape index (κ1) is 19.6. The molecule has 1 aliphatic heterocycles. The van der Waals surface area contributed by atoms with E-state index in [-0.39, 0.29) is 12.5 Å². The fourth-order valence-electron chi connectivity index (χ4n) is 3.25. The van der Waals surface area contributed by atoms with E-state index >= 15 is 0 Å². The van der Waals surface area contributed by atoms with Crippen LogP contribution >= 0.6 is 11.8 Å². The molecular weight excluding hydrogens is 358 g/mol. The zero-order valence-electron chi connectivity index (χ0n) is 16.0. The SMILES string of the molecule is CCOc1ccc(OCC(=O)N2CCSC(c3ccccc3C)CC2)cc1. The molecule has 0 bridgehead atoms. The molecule has 1 unspecified atom stereocenters. The second-order valence-corrected chi connectivity index (χ2v) is 7.89. The monoisotopic (exact) mass is 385 g/mol. The van der Waals surface area contributed by atoms with Crippen LogP contribution in [0.1, 0.15) is 29.7 Å². The first-order valence-corrected chi connectivity index (χ1v) is 10.5. The molecule has 0 aliphatic carbocycles. The van der Waals surface area contributed by atoms with Gasteiger partial charge in [-0.05, 0) is 55.7 Å². The van der Waals surface area contributed by atoms with Crippen molar-refractivity contribution in [2.24, 2.45) is 0 Å². The van der Waals surface area contributed by atoms with Crippen LogP contribution in [0.25, 0.3) is 0 Å². The quantitative estimate of drug-likeness (QED) is 0.735. The second kappa shape index (κ2) is 9.70. The van der Waals surface area contributed by atoms with E-state index in [2.05, 4.69) is 31.2 Å². The number of amides is 1. The highest BCUT2D eigenvalue weighted by Crippen LogP contribution is 2.35. The fraction of sp³-hybridized carbons (Fsp3) is 0.409. The van der Waals surface area contributed by atoms with Gasteiger partial charge in [0.05, 0.1) is 6.61 Å². The number of nitrogens with zero attached hydrogens (tertiary/aromatic N) is 1. The van der Waals surface area contributed by atoms with Gasteiger partial charge in [0.15, 0.2) is 6.61 Å². The molecule has 2 aromatic rings. The molecule has 3 rings (SSSR count). The summed E-state index contributed by atoms with van der Waals surface area (Å²) in [5, 5.41) is 0.455. The summed E-state index contributed by atoms with van der Waals surface area (Å²) in [6, 6.07) is 15.9. The highest BCUT2D eigenvalue weighted by Gasteiger charge is 2.23. The van der Waals surface area contributed by atoms with Crippen LogP contribution in [0.15, 0.2) is 48.5 Å². The number of carbonyl (C=O) groups excluding carboxylic acids is 1. The summed E-state index contributed by atoms with van der Waals surface area (Å²) in [6.07, 6.45) is 0.977. The van der Waals surface area contributed by atoms with Gasteiger partial charge in [0.1, 0.15) is 11.5 Å². The molecule has 1 aliphatic rings. The molecule has 2 aromatic carbocycles. The topological polar surface area (TPSA) is 38.8 Å². The minimum atomic E-state index is 0.0509. The lowest BCUT2D eigenvalue weighted by atomic mass is 10.0. The first-order valence-electron chi connectivity index (χ1n) is 9.48. The van der Waals surface area contributed by atoms with Crippen LogP contribution in [0.2, 0.25) is 0 Å². The lowest BCUT2D eigenvalue weighted by Gasteiger charge is -2.21. The van der Waals surface area contributed by atoms with E-state index in [4.69, 9.17) is 9.47 Å². The molecule has 144 valence electrons. The maximum Gasteiger partial charge on any atom is 0.260 e. The van der Waals surface area contributed by atoms with Gasteiger partial charge in [-0.15, -0.1) is 0 Å². The van der Waals surface area contributed by atoms with Gasteiger partial charge in [-0.3, -0.25) is 4.79 Å². The molecule has 1 saturated heterocycles. The number of benzene rings is 2. The Bertz CT molecular complexity index is 747. The Morgan fingerprint density at radius 1 is 1.07 bits per heavy atom. The van der Waals surface area contributed by atoms with Gasteiger partial charge in [0.2, 0.25) is 0 Å². The second-order valence-electron chi connectivity index (χ2n) is 6.58. The van der Waals surface area contributed by atoms with Crippen LogP contribution in [0.3, 0.4) is 0 Å². The van der Waals surface area contributed by atoms with Gasteiger partial charge in [0, 0.05) is 24.1 Å². The number of hydrogen-bond acceptors (Lipinski definition) is 4. The standard InChI is InChI=1S/C22H27NO3S/c1-3-25-18-8-10-19(11-9-18)26-16-22(24)23-13-12-21(27-15-14-23)20-7-5-4-6-17(20)2/h4-11,21H,3,12-16H2,1-2H3. The molecular formula is C22H27NO3S. The Morgan fingerprint density at radius 2 is 1.78 bits per heavy atom. The van der Waals surface area contributed by atoms with Gasteiger partial charge in [0.25, 0.3) is 5.91 Å². The minimum absolute atomic E-state index is 0.0509. The van der Waals surface area contributed by atoms with Gasteiger partial charge >= 0.3 is 0 Å². The summed E-state index contributed by atoms with van der Waals surface area (Å²) in [4.78, 5) is 14.5. The molecule has 27 heavy (non-hydrogen) atoms. The Morgan fingerprint density at radius 3 is 2.48 bits per heavy atom. The van der Waals surface area contributed by atoms with Crippen molar-refractivity contribution in [1.82, 2.24) is 4.90 Å². The molecule has 4 nitrogen and oxygen atoms in total. The lowest BCUT2D eigenvalue weighted by Crippen LogP contribution is -2.36. The summed E-state index contributed by atoms with van der Waals surface area (Å²) in [5.74, 6) is 2.50. The molecule has 0 spiro atoms. The lowest BCUT2D eigenvalue weighted by molar-refractivity contribution is -0.133. The Balaban J connectivity index is 1.51. The van der Waals surface area contributed by atoms with Crippen molar-refractivity contribution >= 4 is 17.7 Å². The van der Waals surface area contributed by atoms with E-state index in [1.165, 1.54) is 11.1 Å².